The van der Waals surface area contributed by atoms with Crippen LogP contribution in [0.5, 0.6) is 23.0 Å². The number of hydrogen-bond donors (Lipinski definition) is 0. The Kier molecular flexibility index (Phi) is 12.0. The van der Waals surface area contributed by atoms with E-state index in [0.717, 1.165) is 87.6 Å². The molecule has 9 aromatic carbocycles. The van der Waals surface area contributed by atoms with Crippen molar-refractivity contribution in [1.29, 1.82) is 0 Å². The average Bonchev–Trinajstić information content (AvgIpc) is 3.32. The number of methoxy groups -OCH3 is 4. The number of ether oxygens (including phenoxy) is 8. The first-order valence-electron chi connectivity index (χ1n) is 20.4. The van der Waals surface area contributed by atoms with Crippen molar-refractivity contribution in [2.24, 2.45) is 0 Å². The van der Waals surface area contributed by atoms with E-state index in [2.05, 4.69) is 109 Å². The van der Waals surface area contributed by atoms with Crippen molar-refractivity contribution >= 4 is 43.1 Å². The third-order valence-corrected chi connectivity index (χ3v) is 11.1. The van der Waals surface area contributed by atoms with E-state index in [4.69, 9.17) is 37.9 Å². The second-order valence-electron chi connectivity index (χ2n) is 14.8. The first kappa shape index (κ1) is 40.5. The maximum Gasteiger partial charge on any atom is 0.188 e. The Bertz CT molecular complexity index is 2840. The van der Waals surface area contributed by atoms with Gasteiger partial charge in [0.2, 0.25) is 0 Å². The molecule has 8 nitrogen and oxygen atoms in total. The lowest BCUT2D eigenvalue weighted by molar-refractivity contribution is 0.0503. The Morgan fingerprint density at radius 3 is 1.00 bits per heavy atom. The number of hydrogen-bond acceptors (Lipinski definition) is 8. The van der Waals surface area contributed by atoms with Gasteiger partial charge in [-0.2, -0.15) is 0 Å². The third kappa shape index (κ3) is 7.54. The molecule has 0 aliphatic heterocycles. The summed E-state index contributed by atoms with van der Waals surface area (Å²) in [5, 5.41) is 8.17. The number of benzene rings is 9. The summed E-state index contributed by atoms with van der Waals surface area (Å²) in [6, 6.07) is 54.3. The SMILES string of the molecule is COCOc1ccc2ccccc2c1-c1c(OCOC)c(-c2ccccc2-c2cc3ccccc3c(-c3c(OCOC)ccc4ccccc34)c2OCOC)cc2ccccc12. The maximum absolute atomic E-state index is 6.80. The van der Waals surface area contributed by atoms with Crippen LogP contribution in [0.1, 0.15) is 0 Å². The van der Waals surface area contributed by atoms with Crippen LogP contribution in [0.3, 0.4) is 0 Å². The molecule has 0 saturated heterocycles. The molecule has 0 aliphatic carbocycles. The minimum absolute atomic E-state index is 0.00713. The summed E-state index contributed by atoms with van der Waals surface area (Å²) in [6.45, 7) is 0.160. The molecule has 0 N–H and O–H groups in total. The van der Waals surface area contributed by atoms with E-state index in [-0.39, 0.29) is 27.2 Å². The third-order valence-electron chi connectivity index (χ3n) is 11.1. The molecule has 0 bridgehead atoms. The summed E-state index contributed by atoms with van der Waals surface area (Å²) in [6.07, 6.45) is 0. The van der Waals surface area contributed by atoms with Crippen molar-refractivity contribution < 1.29 is 37.9 Å². The fourth-order valence-corrected chi connectivity index (χ4v) is 8.55. The van der Waals surface area contributed by atoms with Crippen LogP contribution in [0.25, 0.3) is 87.6 Å². The van der Waals surface area contributed by atoms with E-state index in [1.54, 1.807) is 28.4 Å². The zero-order valence-corrected chi connectivity index (χ0v) is 35.1. The van der Waals surface area contributed by atoms with Crippen molar-refractivity contribution in [3.05, 3.63) is 158 Å². The zero-order valence-electron chi connectivity index (χ0n) is 35.1. The summed E-state index contributed by atoms with van der Waals surface area (Å²) in [5.41, 5.74) is 7.08. The van der Waals surface area contributed by atoms with E-state index >= 15 is 0 Å². The maximum atomic E-state index is 6.80. The lowest BCUT2D eigenvalue weighted by Gasteiger charge is -2.25. The minimum atomic E-state index is 0.00713. The lowest BCUT2D eigenvalue weighted by Crippen LogP contribution is -2.06. The molecule has 9 aromatic rings. The number of rotatable bonds is 16. The van der Waals surface area contributed by atoms with E-state index in [1.807, 2.05) is 48.5 Å². The summed E-state index contributed by atoms with van der Waals surface area (Å²) in [5.74, 6) is 2.61. The van der Waals surface area contributed by atoms with Gasteiger partial charge >= 0.3 is 0 Å². The van der Waals surface area contributed by atoms with Crippen molar-refractivity contribution in [3.63, 3.8) is 0 Å². The van der Waals surface area contributed by atoms with Crippen LogP contribution in [-0.2, 0) is 18.9 Å². The second-order valence-corrected chi connectivity index (χ2v) is 14.8. The van der Waals surface area contributed by atoms with Gasteiger partial charge in [0.05, 0.1) is 0 Å². The quantitative estimate of drug-likeness (QED) is 0.0892. The highest BCUT2D eigenvalue weighted by atomic mass is 16.7. The van der Waals surface area contributed by atoms with Gasteiger partial charge in [-0.15, -0.1) is 0 Å². The summed E-state index contributed by atoms with van der Waals surface area (Å²) in [4.78, 5) is 0. The Labute approximate surface area is 360 Å². The summed E-state index contributed by atoms with van der Waals surface area (Å²) >= 11 is 0. The van der Waals surface area contributed by atoms with Gasteiger partial charge < -0.3 is 37.9 Å². The molecule has 9 rings (SSSR count). The molecule has 0 aromatic heterocycles. The number of fused-ring (bicyclic) bond motifs is 4. The van der Waals surface area contributed by atoms with E-state index in [9.17, 15) is 0 Å². The highest BCUT2D eigenvalue weighted by Crippen LogP contribution is 2.54. The minimum Gasteiger partial charge on any atom is -0.467 e. The second kappa shape index (κ2) is 18.4. The smallest absolute Gasteiger partial charge is 0.188 e. The van der Waals surface area contributed by atoms with Gasteiger partial charge in [-0.25, -0.2) is 0 Å². The Morgan fingerprint density at radius 1 is 0.290 bits per heavy atom. The molecule has 8 heteroatoms. The summed E-state index contributed by atoms with van der Waals surface area (Å²) < 4.78 is 48.5. The molecule has 0 spiro atoms. The van der Waals surface area contributed by atoms with Crippen molar-refractivity contribution in [3.8, 4) is 67.5 Å². The molecule has 0 atom stereocenters. The van der Waals surface area contributed by atoms with Gasteiger partial charge in [0, 0.05) is 61.8 Å². The van der Waals surface area contributed by atoms with Crippen LogP contribution < -0.4 is 18.9 Å². The largest absolute Gasteiger partial charge is 0.467 e. The van der Waals surface area contributed by atoms with E-state index in [1.165, 1.54) is 0 Å². The molecule has 0 saturated carbocycles. The highest BCUT2D eigenvalue weighted by molar-refractivity contribution is 6.15. The average molecular weight is 823 g/mol. The standard InChI is InChI=1S/C54H46O8/c1-55-31-59-47-27-25-35-15-5-9-19-39(35)49(47)51-41-21-11-7-17-37(41)29-45(53(51)61-33-57-3)43-23-13-14-24-44(43)46-30-38-18-8-12-22-42(38)52(54(46)62-34-58-4)50-40-20-10-6-16-36(40)26-28-48(50)60-32-56-2/h5-30H,31-34H2,1-4H3. The van der Waals surface area contributed by atoms with Crippen LogP contribution in [0, 0.1) is 0 Å². The fourth-order valence-electron chi connectivity index (χ4n) is 8.55. The van der Waals surface area contributed by atoms with E-state index in [0.29, 0.717) is 23.0 Å². The van der Waals surface area contributed by atoms with Crippen LogP contribution in [0.2, 0.25) is 0 Å². The van der Waals surface area contributed by atoms with Crippen LogP contribution in [0.4, 0.5) is 0 Å². The molecule has 310 valence electrons. The Hall–Kier alpha value is -6.94. The van der Waals surface area contributed by atoms with Crippen LogP contribution in [0.15, 0.2) is 158 Å². The molecular formula is C54H46O8. The summed E-state index contributed by atoms with van der Waals surface area (Å²) in [7, 11) is 6.51. The monoisotopic (exact) mass is 822 g/mol. The Morgan fingerprint density at radius 2 is 0.613 bits per heavy atom. The van der Waals surface area contributed by atoms with Gasteiger partial charge in [0.25, 0.3) is 0 Å². The molecule has 62 heavy (non-hydrogen) atoms. The molecule has 0 fully saturated rings. The Balaban J connectivity index is 1.40. The van der Waals surface area contributed by atoms with Gasteiger partial charge in [-0.1, -0.05) is 133 Å². The highest BCUT2D eigenvalue weighted by Gasteiger charge is 2.28. The van der Waals surface area contributed by atoms with Crippen LogP contribution >= 0.6 is 0 Å². The van der Waals surface area contributed by atoms with Crippen molar-refractivity contribution in [2.45, 2.75) is 0 Å². The lowest BCUT2D eigenvalue weighted by atomic mass is 9.84. The van der Waals surface area contributed by atoms with Gasteiger partial charge in [-0.05, 0) is 78.5 Å². The first-order chi connectivity index (χ1) is 30.6. The molecule has 0 radical (unpaired) electrons. The van der Waals surface area contributed by atoms with Crippen LogP contribution in [-0.4, -0.2) is 55.6 Å². The molecule has 0 heterocycles. The fraction of sp³-hybridized carbons (Fsp3) is 0.148. The molecule has 0 aliphatic rings. The topological polar surface area (TPSA) is 73.8 Å². The molecule has 0 unspecified atom stereocenters. The molecule has 0 amide bonds. The van der Waals surface area contributed by atoms with Crippen molar-refractivity contribution in [2.75, 3.05) is 55.6 Å². The van der Waals surface area contributed by atoms with Gasteiger partial charge in [0.15, 0.2) is 27.2 Å². The zero-order chi connectivity index (χ0) is 42.4. The first-order valence-corrected chi connectivity index (χ1v) is 20.4. The van der Waals surface area contributed by atoms with Crippen molar-refractivity contribution in [1.82, 2.24) is 0 Å². The predicted octanol–water partition coefficient (Wildman–Crippen LogP) is 12.9. The van der Waals surface area contributed by atoms with Gasteiger partial charge in [-0.3, -0.25) is 0 Å². The predicted molar refractivity (Wildman–Crippen MR) is 248 cm³/mol. The van der Waals surface area contributed by atoms with Gasteiger partial charge in [0.1, 0.15) is 23.0 Å². The normalized spacial score (nSPS) is 11.4. The molecular weight excluding hydrogens is 777 g/mol. The van der Waals surface area contributed by atoms with E-state index < -0.39 is 0 Å².